The van der Waals surface area contributed by atoms with Crippen LogP contribution in [0, 0.1) is 5.41 Å². The van der Waals surface area contributed by atoms with Crippen molar-refractivity contribution < 1.29 is 14.4 Å². The summed E-state index contributed by atoms with van der Waals surface area (Å²) in [5.41, 5.74) is 0.787. The smallest absolute Gasteiger partial charge is 0.262 e. The predicted octanol–water partition coefficient (Wildman–Crippen LogP) is 3.39. The Morgan fingerprint density at radius 2 is 1.80 bits per heavy atom. The molecule has 5 heteroatoms. The average molecular weight is 342 g/mol. The van der Waals surface area contributed by atoms with Gasteiger partial charge in [0.1, 0.15) is 0 Å². The van der Waals surface area contributed by atoms with Crippen molar-refractivity contribution in [1.82, 2.24) is 10.2 Å². The lowest BCUT2D eigenvalue weighted by atomic mass is 9.92. The first-order chi connectivity index (χ1) is 11.5. The minimum atomic E-state index is -0.592. The molecule has 1 aromatic rings. The first-order valence-electron chi connectivity index (χ1n) is 8.83. The molecular weight excluding hydrogens is 316 g/mol. The van der Waals surface area contributed by atoms with E-state index in [0.29, 0.717) is 16.7 Å². The SMILES string of the molecule is CC1(C)CCC(NC(=O)c2ccc3c(c2)C(=O)N(C(C)(C)C)C3=O)C1. The number of rotatable bonds is 2. The van der Waals surface area contributed by atoms with Crippen molar-refractivity contribution in [2.75, 3.05) is 0 Å². The first kappa shape index (κ1) is 17.6. The number of carbonyl (C=O) groups is 3. The van der Waals surface area contributed by atoms with Crippen molar-refractivity contribution in [3.05, 3.63) is 34.9 Å². The third kappa shape index (κ3) is 3.20. The van der Waals surface area contributed by atoms with Crippen LogP contribution in [0.25, 0.3) is 0 Å². The molecule has 0 aromatic heterocycles. The van der Waals surface area contributed by atoms with Gasteiger partial charge < -0.3 is 5.32 Å². The Kier molecular flexibility index (Phi) is 4.01. The van der Waals surface area contributed by atoms with Crippen LogP contribution in [0.4, 0.5) is 0 Å². The highest BCUT2D eigenvalue weighted by Gasteiger charge is 2.42. The highest BCUT2D eigenvalue weighted by atomic mass is 16.2. The van der Waals surface area contributed by atoms with Gasteiger partial charge in [0.2, 0.25) is 0 Å². The van der Waals surface area contributed by atoms with E-state index < -0.39 is 5.54 Å². The molecule has 1 fully saturated rings. The summed E-state index contributed by atoms with van der Waals surface area (Å²) in [7, 11) is 0. The van der Waals surface area contributed by atoms with Gasteiger partial charge in [0.25, 0.3) is 17.7 Å². The van der Waals surface area contributed by atoms with Crippen LogP contribution in [-0.4, -0.2) is 34.2 Å². The third-order valence-corrected chi connectivity index (χ3v) is 5.12. The third-order valence-electron chi connectivity index (χ3n) is 5.12. The molecule has 1 atom stereocenters. The Balaban J connectivity index is 1.81. The number of fused-ring (bicyclic) bond motifs is 1. The first-order valence-corrected chi connectivity index (χ1v) is 8.83. The normalized spacial score (nSPS) is 22.3. The summed E-state index contributed by atoms with van der Waals surface area (Å²) in [4.78, 5) is 38.9. The van der Waals surface area contributed by atoms with Crippen LogP contribution in [-0.2, 0) is 0 Å². The summed E-state index contributed by atoms with van der Waals surface area (Å²) in [6.45, 7) is 9.89. The van der Waals surface area contributed by atoms with Crippen LogP contribution in [0.1, 0.15) is 85.0 Å². The summed E-state index contributed by atoms with van der Waals surface area (Å²) in [5, 5.41) is 3.06. The van der Waals surface area contributed by atoms with E-state index in [1.165, 1.54) is 4.90 Å². The maximum atomic E-state index is 12.6. The van der Waals surface area contributed by atoms with E-state index >= 15 is 0 Å². The van der Waals surface area contributed by atoms with Crippen LogP contribution in [0.3, 0.4) is 0 Å². The molecule has 1 heterocycles. The zero-order chi connectivity index (χ0) is 18.6. The fraction of sp³-hybridized carbons (Fsp3) is 0.550. The second-order valence-corrected chi connectivity index (χ2v) is 8.95. The molecule has 0 bridgehead atoms. The van der Waals surface area contributed by atoms with Gasteiger partial charge in [0, 0.05) is 17.1 Å². The lowest BCUT2D eigenvalue weighted by Gasteiger charge is -2.29. The van der Waals surface area contributed by atoms with E-state index in [1.54, 1.807) is 18.2 Å². The molecule has 25 heavy (non-hydrogen) atoms. The van der Waals surface area contributed by atoms with Gasteiger partial charge >= 0.3 is 0 Å². The Morgan fingerprint density at radius 3 is 2.36 bits per heavy atom. The summed E-state index contributed by atoms with van der Waals surface area (Å²) in [6.07, 6.45) is 3.02. The van der Waals surface area contributed by atoms with Gasteiger partial charge in [-0.05, 0) is 63.6 Å². The fourth-order valence-corrected chi connectivity index (χ4v) is 3.82. The predicted molar refractivity (Wildman–Crippen MR) is 95.6 cm³/mol. The number of nitrogens with one attached hydrogen (secondary N) is 1. The van der Waals surface area contributed by atoms with Crippen LogP contribution in [0.2, 0.25) is 0 Å². The zero-order valence-electron chi connectivity index (χ0n) is 15.6. The van der Waals surface area contributed by atoms with Crippen molar-refractivity contribution in [3.63, 3.8) is 0 Å². The number of benzene rings is 1. The number of hydrogen-bond acceptors (Lipinski definition) is 3. The van der Waals surface area contributed by atoms with Crippen molar-refractivity contribution in [3.8, 4) is 0 Å². The topological polar surface area (TPSA) is 66.5 Å². The number of carbonyl (C=O) groups excluding carboxylic acids is 3. The molecule has 3 amide bonds. The van der Waals surface area contributed by atoms with Gasteiger partial charge in [-0.25, -0.2) is 0 Å². The molecule has 2 aliphatic rings. The van der Waals surface area contributed by atoms with Gasteiger partial charge in [-0.3, -0.25) is 19.3 Å². The van der Waals surface area contributed by atoms with Crippen molar-refractivity contribution in [2.45, 2.75) is 65.5 Å². The molecule has 0 saturated heterocycles. The summed E-state index contributed by atoms with van der Waals surface area (Å²) in [6, 6.07) is 4.94. The molecule has 1 aliphatic carbocycles. The highest BCUT2D eigenvalue weighted by Crippen LogP contribution is 2.37. The van der Waals surface area contributed by atoms with Crippen molar-refractivity contribution in [1.29, 1.82) is 0 Å². The number of nitrogens with zero attached hydrogens (tertiary/aromatic N) is 1. The number of amides is 3. The molecule has 1 saturated carbocycles. The molecule has 1 aromatic carbocycles. The van der Waals surface area contributed by atoms with Gasteiger partial charge in [-0.2, -0.15) is 0 Å². The lowest BCUT2D eigenvalue weighted by molar-refractivity contribution is 0.0507. The molecular formula is C20H26N2O3. The Bertz CT molecular complexity index is 759. The maximum Gasteiger partial charge on any atom is 0.262 e. The molecule has 5 nitrogen and oxygen atoms in total. The Morgan fingerprint density at radius 1 is 1.16 bits per heavy atom. The second kappa shape index (κ2) is 5.68. The molecule has 1 N–H and O–H groups in total. The molecule has 0 spiro atoms. The molecule has 1 aliphatic heterocycles. The van der Waals surface area contributed by atoms with E-state index in [9.17, 15) is 14.4 Å². The van der Waals surface area contributed by atoms with Gasteiger partial charge in [0.15, 0.2) is 0 Å². The Labute approximate surface area is 148 Å². The van der Waals surface area contributed by atoms with Crippen LogP contribution in [0.15, 0.2) is 18.2 Å². The molecule has 0 radical (unpaired) electrons. The molecule has 1 unspecified atom stereocenters. The Hall–Kier alpha value is -2.17. The van der Waals surface area contributed by atoms with E-state index in [1.807, 2.05) is 20.8 Å². The fourth-order valence-electron chi connectivity index (χ4n) is 3.82. The quantitative estimate of drug-likeness (QED) is 0.838. The van der Waals surface area contributed by atoms with E-state index in [-0.39, 0.29) is 29.2 Å². The minimum absolute atomic E-state index is 0.166. The zero-order valence-corrected chi connectivity index (χ0v) is 15.6. The van der Waals surface area contributed by atoms with E-state index in [0.717, 1.165) is 19.3 Å². The van der Waals surface area contributed by atoms with Crippen LogP contribution in [0.5, 0.6) is 0 Å². The lowest BCUT2D eigenvalue weighted by Crippen LogP contribution is -2.45. The van der Waals surface area contributed by atoms with E-state index in [4.69, 9.17) is 0 Å². The van der Waals surface area contributed by atoms with Gasteiger partial charge in [-0.15, -0.1) is 0 Å². The second-order valence-electron chi connectivity index (χ2n) is 8.95. The number of hydrogen-bond donors (Lipinski definition) is 1. The van der Waals surface area contributed by atoms with Crippen LogP contribution < -0.4 is 5.32 Å². The number of imide groups is 1. The van der Waals surface area contributed by atoms with Crippen molar-refractivity contribution in [2.24, 2.45) is 5.41 Å². The summed E-state index contributed by atoms with van der Waals surface area (Å²) in [5.74, 6) is -0.805. The maximum absolute atomic E-state index is 12.6. The summed E-state index contributed by atoms with van der Waals surface area (Å²) < 4.78 is 0. The van der Waals surface area contributed by atoms with E-state index in [2.05, 4.69) is 19.2 Å². The minimum Gasteiger partial charge on any atom is -0.349 e. The monoisotopic (exact) mass is 342 g/mol. The standard InChI is InChI=1S/C20H26N2O3/c1-19(2,3)22-17(24)14-7-6-12(10-15(14)18(22)25)16(23)21-13-8-9-20(4,5)11-13/h6-7,10,13H,8-9,11H2,1-5H3,(H,21,23). The summed E-state index contributed by atoms with van der Waals surface area (Å²) >= 11 is 0. The average Bonchev–Trinajstić information content (AvgIpc) is 2.95. The van der Waals surface area contributed by atoms with Gasteiger partial charge in [-0.1, -0.05) is 13.8 Å². The van der Waals surface area contributed by atoms with Crippen LogP contribution >= 0.6 is 0 Å². The molecule has 134 valence electrons. The highest BCUT2D eigenvalue weighted by molar-refractivity contribution is 6.22. The van der Waals surface area contributed by atoms with Crippen molar-refractivity contribution >= 4 is 17.7 Å². The largest absolute Gasteiger partial charge is 0.349 e. The molecule has 3 rings (SSSR count). The van der Waals surface area contributed by atoms with Gasteiger partial charge in [0.05, 0.1) is 11.1 Å².